The van der Waals surface area contributed by atoms with Crippen LogP contribution in [0, 0.1) is 0 Å². The minimum absolute atomic E-state index is 0.123. The summed E-state index contributed by atoms with van der Waals surface area (Å²) >= 11 is 0. The molecule has 2 aliphatic heterocycles. The van der Waals surface area contributed by atoms with Crippen molar-refractivity contribution in [2.75, 3.05) is 6.54 Å². The van der Waals surface area contributed by atoms with Crippen LogP contribution in [0.5, 0.6) is 5.75 Å². The van der Waals surface area contributed by atoms with Gasteiger partial charge >= 0.3 is 0 Å². The van der Waals surface area contributed by atoms with Crippen LogP contribution in [0.15, 0.2) is 72.8 Å². The number of hydrogen-bond acceptors (Lipinski definition) is 5. The van der Waals surface area contributed by atoms with E-state index in [1.807, 2.05) is 86.6 Å². The van der Waals surface area contributed by atoms with Crippen LogP contribution in [0.4, 0.5) is 0 Å². The number of hydrogen-bond donors (Lipinski definition) is 0. The Kier molecular flexibility index (Phi) is 9.83. The average molecular weight is 735 g/mol. The van der Waals surface area contributed by atoms with E-state index in [1.54, 1.807) is 0 Å². The summed E-state index contributed by atoms with van der Waals surface area (Å²) in [6, 6.07) is 22.8. The van der Waals surface area contributed by atoms with E-state index < -0.39 is 0 Å². The standard InChI is InChI=1S/C48H50N2O5/c1-5-7-8-9-10-11-12-13-14-15-27-49-44(51)36-23-19-32-34-21-25-38-43-39(26-22-35(41(34)43)33-20-24-37(45(49)52)42(36)40(32)33)47(54)50(46(38)53)29-30-17-16-18-31(28-30)55-48(3,4)6-2/h16-26,28H,5-15,27,29H2,1-4H3. The molecule has 0 bridgehead atoms. The molecule has 4 amide bonds. The molecule has 0 aromatic heterocycles. The predicted molar refractivity (Wildman–Crippen MR) is 221 cm³/mol. The van der Waals surface area contributed by atoms with E-state index in [0.29, 0.717) is 45.3 Å². The molecule has 0 aliphatic carbocycles. The molecule has 0 fully saturated rings. The zero-order valence-corrected chi connectivity index (χ0v) is 32.6. The van der Waals surface area contributed by atoms with E-state index in [1.165, 1.54) is 54.7 Å². The Morgan fingerprint density at radius 3 is 1.40 bits per heavy atom. The second-order valence-electron chi connectivity index (χ2n) is 16.1. The first-order valence-corrected chi connectivity index (χ1v) is 20.3. The molecule has 0 N–H and O–H groups in total. The van der Waals surface area contributed by atoms with Gasteiger partial charge in [0.25, 0.3) is 23.6 Å². The van der Waals surface area contributed by atoms with Crippen molar-refractivity contribution in [3.8, 4) is 5.75 Å². The van der Waals surface area contributed by atoms with Gasteiger partial charge in [-0.05, 0) is 101 Å². The number of unbranched alkanes of at least 4 members (excludes halogenated alkanes) is 9. The normalized spacial score (nSPS) is 14.5. The first kappa shape index (κ1) is 36.7. The highest BCUT2D eigenvalue weighted by Crippen LogP contribution is 2.46. The molecule has 8 rings (SSSR count). The van der Waals surface area contributed by atoms with Crippen molar-refractivity contribution in [1.29, 1.82) is 0 Å². The van der Waals surface area contributed by atoms with Crippen LogP contribution in [-0.2, 0) is 6.54 Å². The van der Waals surface area contributed by atoms with Crippen molar-refractivity contribution in [2.45, 2.75) is 110 Å². The van der Waals surface area contributed by atoms with E-state index in [2.05, 4.69) is 13.8 Å². The average Bonchev–Trinajstić information content (AvgIpc) is 3.18. The maximum absolute atomic E-state index is 14.2. The van der Waals surface area contributed by atoms with Crippen molar-refractivity contribution in [1.82, 2.24) is 9.80 Å². The van der Waals surface area contributed by atoms with E-state index in [-0.39, 0.29) is 35.8 Å². The molecule has 6 aromatic carbocycles. The number of ether oxygens (including phenoxy) is 1. The van der Waals surface area contributed by atoms with E-state index in [9.17, 15) is 19.2 Å². The summed E-state index contributed by atoms with van der Waals surface area (Å²) in [6.07, 6.45) is 12.7. The number of benzene rings is 6. The lowest BCUT2D eigenvalue weighted by molar-refractivity contribution is 0.0586. The fourth-order valence-electron chi connectivity index (χ4n) is 8.75. The largest absolute Gasteiger partial charge is 0.488 e. The SMILES string of the molecule is CCCCCCCCCCCCN1C(=O)c2ccc3c4ccc5c6c(ccc(c7ccc(c2c37)C1=O)c64)C(=O)N(Cc1cccc(OC(C)(C)CC)c1)C5=O. The van der Waals surface area contributed by atoms with Gasteiger partial charge in [0.1, 0.15) is 11.4 Å². The number of imide groups is 2. The van der Waals surface area contributed by atoms with Crippen LogP contribution in [0.3, 0.4) is 0 Å². The van der Waals surface area contributed by atoms with E-state index >= 15 is 0 Å². The molecule has 0 saturated heterocycles. The third kappa shape index (κ3) is 6.41. The summed E-state index contributed by atoms with van der Waals surface area (Å²) in [5.41, 5.74) is 2.52. The third-order valence-corrected chi connectivity index (χ3v) is 12.0. The van der Waals surface area contributed by atoms with Crippen LogP contribution in [-0.4, -0.2) is 45.6 Å². The number of fused-ring (bicyclic) bond motifs is 2. The van der Waals surface area contributed by atoms with E-state index in [0.717, 1.165) is 63.6 Å². The van der Waals surface area contributed by atoms with Crippen molar-refractivity contribution in [3.05, 3.63) is 101 Å². The lowest BCUT2D eigenvalue weighted by atomic mass is 9.82. The lowest BCUT2D eigenvalue weighted by Gasteiger charge is -2.30. The molecule has 0 atom stereocenters. The summed E-state index contributed by atoms with van der Waals surface area (Å²) in [5, 5.41) is 6.62. The molecule has 0 spiro atoms. The smallest absolute Gasteiger partial charge is 0.261 e. The van der Waals surface area contributed by atoms with Crippen LogP contribution < -0.4 is 4.74 Å². The Hall–Kier alpha value is -5.30. The lowest BCUT2D eigenvalue weighted by Crippen LogP contribution is -2.41. The van der Waals surface area contributed by atoms with Crippen molar-refractivity contribution < 1.29 is 23.9 Å². The molecule has 7 nitrogen and oxygen atoms in total. The fraction of sp³-hybridized carbons (Fsp3) is 0.375. The second kappa shape index (κ2) is 14.7. The van der Waals surface area contributed by atoms with Gasteiger partial charge in [-0.3, -0.25) is 29.0 Å². The van der Waals surface area contributed by atoms with Crippen LogP contribution in [0.2, 0.25) is 0 Å². The molecule has 7 heteroatoms. The molecule has 0 radical (unpaired) electrons. The molecule has 0 unspecified atom stereocenters. The van der Waals surface area contributed by atoms with Crippen molar-refractivity contribution >= 4 is 66.7 Å². The topological polar surface area (TPSA) is 84.0 Å². The summed E-state index contributed by atoms with van der Waals surface area (Å²) in [6.45, 7) is 8.92. The van der Waals surface area contributed by atoms with Gasteiger partial charge in [0.05, 0.1) is 6.54 Å². The molecule has 2 aliphatic rings. The van der Waals surface area contributed by atoms with E-state index in [4.69, 9.17) is 4.74 Å². The highest BCUT2D eigenvalue weighted by Gasteiger charge is 2.37. The predicted octanol–water partition coefficient (Wildman–Crippen LogP) is 11.6. The third-order valence-electron chi connectivity index (χ3n) is 12.0. The molecule has 0 saturated carbocycles. The van der Waals surface area contributed by atoms with Gasteiger partial charge in [0, 0.05) is 39.6 Å². The van der Waals surface area contributed by atoms with Crippen molar-refractivity contribution in [3.63, 3.8) is 0 Å². The van der Waals surface area contributed by atoms with Crippen LogP contribution in [0.25, 0.3) is 43.1 Å². The molecule has 6 aromatic rings. The summed E-state index contributed by atoms with van der Waals surface area (Å²) in [4.78, 5) is 59.0. The second-order valence-corrected chi connectivity index (χ2v) is 16.1. The zero-order valence-electron chi connectivity index (χ0n) is 32.6. The maximum Gasteiger partial charge on any atom is 0.261 e. The Labute approximate surface area is 322 Å². The minimum atomic E-state index is -0.342. The first-order chi connectivity index (χ1) is 26.6. The maximum atomic E-state index is 14.2. The highest BCUT2D eigenvalue weighted by atomic mass is 16.5. The van der Waals surface area contributed by atoms with Gasteiger partial charge in [0.2, 0.25) is 0 Å². The van der Waals surface area contributed by atoms with Gasteiger partial charge in [-0.25, -0.2) is 0 Å². The number of rotatable bonds is 16. The van der Waals surface area contributed by atoms with Crippen molar-refractivity contribution in [2.24, 2.45) is 0 Å². The van der Waals surface area contributed by atoms with Gasteiger partial charge in [0.15, 0.2) is 0 Å². The Morgan fingerprint density at radius 1 is 0.509 bits per heavy atom. The minimum Gasteiger partial charge on any atom is -0.488 e. The molecular formula is C48H50N2O5. The quantitative estimate of drug-likeness (QED) is 0.0428. The number of carbonyl (C=O) groups is 4. The summed E-state index contributed by atoms with van der Waals surface area (Å²) in [7, 11) is 0. The van der Waals surface area contributed by atoms with Crippen LogP contribution >= 0.6 is 0 Å². The number of amides is 4. The molecule has 282 valence electrons. The molecule has 55 heavy (non-hydrogen) atoms. The Balaban J connectivity index is 1.08. The highest BCUT2D eigenvalue weighted by molar-refractivity contribution is 6.41. The Bertz CT molecular complexity index is 2380. The molecule has 2 heterocycles. The monoisotopic (exact) mass is 734 g/mol. The summed E-state index contributed by atoms with van der Waals surface area (Å²) < 4.78 is 6.19. The van der Waals surface area contributed by atoms with Gasteiger partial charge in [-0.1, -0.05) is 108 Å². The molecular weight excluding hydrogens is 685 g/mol. The fourth-order valence-corrected chi connectivity index (χ4v) is 8.75. The number of nitrogens with zero attached hydrogens (tertiary/aromatic N) is 2. The van der Waals surface area contributed by atoms with Gasteiger partial charge in [-0.2, -0.15) is 0 Å². The van der Waals surface area contributed by atoms with Crippen LogP contribution in [0.1, 0.15) is 145 Å². The van der Waals surface area contributed by atoms with Gasteiger partial charge < -0.3 is 4.74 Å². The van der Waals surface area contributed by atoms with Gasteiger partial charge in [-0.15, -0.1) is 0 Å². The Morgan fingerprint density at radius 2 is 0.945 bits per heavy atom. The summed E-state index contributed by atoms with van der Waals surface area (Å²) in [5.74, 6) is -0.456. The zero-order chi connectivity index (χ0) is 38.4. The first-order valence-electron chi connectivity index (χ1n) is 20.3. The number of carbonyl (C=O) groups excluding carboxylic acids is 4.